The molecule has 14 heteroatoms. The number of alkyl halides is 6. The van der Waals surface area contributed by atoms with Gasteiger partial charge in [-0.3, -0.25) is 4.79 Å². The monoisotopic (exact) mass is 488 g/mol. The van der Waals surface area contributed by atoms with Crippen LogP contribution in [0.5, 0.6) is 5.88 Å². The van der Waals surface area contributed by atoms with Crippen molar-refractivity contribution in [2.75, 3.05) is 13.2 Å². The smallest absolute Gasteiger partial charge is 0.434 e. The highest BCUT2D eigenvalue weighted by Crippen LogP contribution is 2.32. The van der Waals surface area contributed by atoms with E-state index in [9.17, 15) is 31.1 Å². The van der Waals surface area contributed by atoms with Crippen molar-refractivity contribution in [1.29, 1.82) is 0 Å². The van der Waals surface area contributed by atoms with Crippen molar-refractivity contribution in [3.05, 3.63) is 59.8 Å². The van der Waals surface area contributed by atoms with E-state index in [1.54, 1.807) is 13.8 Å². The van der Waals surface area contributed by atoms with Crippen LogP contribution >= 0.6 is 0 Å². The number of benzene rings is 1. The van der Waals surface area contributed by atoms with Crippen molar-refractivity contribution in [2.45, 2.75) is 32.2 Å². The van der Waals surface area contributed by atoms with Crippen LogP contribution in [0.25, 0.3) is 5.69 Å². The Labute approximate surface area is 189 Å². The Morgan fingerprint density at radius 3 is 2.26 bits per heavy atom. The Kier molecular flexibility index (Phi) is 7.07. The van der Waals surface area contributed by atoms with Crippen LogP contribution in [0, 0.1) is 0 Å². The summed E-state index contributed by atoms with van der Waals surface area (Å²) in [6, 6.07) is 1.96. The molecule has 3 aromatic rings. The molecule has 0 fully saturated rings. The maximum absolute atomic E-state index is 13.3. The molecule has 0 saturated heterocycles. The summed E-state index contributed by atoms with van der Waals surface area (Å²) in [5.41, 5.74) is -2.45. The predicted octanol–water partition coefficient (Wildman–Crippen LogP) is 4.02. The topological polar surface area (TPSA) is 86.0 Å². The van der Waals surface area contributed by atoms with Crippen LogP contribution in [0.4, 0.5) is 26.3 Å². The lowest BCUT2D eigenvalue weighted by Gasteiger charge is -2.28. The summed E-state index contributed by atoms with van der Waals surface area (Å²) in [4.78, 5) is 22.3. The molecule has 0 aliphatic rings. The van der Waals surface area contributed by atoms with Gasteiger partial charge in [-0.05, 0) is 32.0 Å². The summed E-state index contributed by atoms with van der Waals surface area (Å²) < 4.78 is 83.0. The molecule has 0 spiro atoms. The number of rotatable bonds is 7. The number of ether oxygens (including phenoxy) is 1. The van der Waals surface area contributed by atoms with E-state index in [1.165, 1.54) is 17.3 Å². The summed E-state index contributed by atoms with van der Waals surface area (Å²) >= 11 is 0. The van der Waals surface area contributed by atoms with Crippen LogP contribution in [0.3, 0.4) is 0 Å². The molecule has 2 aromatic heterocycles. The second-order valence-corrected chi connectivity index (χ2v) is 7.04. The fourth-order valence-corrected chi connectivity index (χ4v) is 3.04. The van der Waals surface area contributed by atoms with Gasteiger partial charge >= 0.3 is 12.4 Å². The van der Waals surface area contributed by atoms with E-state index in [1.807, 2.05) is 0 Å². The van der Waals surface area contributed by atoms with Crippen molar-refractivity contribution < 1.29 is 35.9 Å². The average molecular weight is 488 g/mol. The minimum atomic E-state index is -4.68. The highest BCUT2D eigenvalue weighted by Gasteiger charge is 2.34. The number of hydrogen-bond acceptors (Lipinski definition) is 6. The first-order chi connectivity index (χ1) is 15.9. The number of likely N-dealkylation sites (N-methyl/N-ethyl adjacent to an activating group) is 1. The molecular formula is C20H18F6N6O2. The Hall–Kier alpha value is -3.71. The maximum Gasteiger partial charge on any atom is 0.434 e. The lowest BCUT2D eigenvalue weighted by Crippen LogP contribution is -2.42. The molecule has 182 valence electrons. The van der Waals surface area contributed by atoms with Gasteiger partial charge in [-0.15, -0.1) is 0 Å². The SMILES string of the molecule is CCN(C(=O)c1cc(C(F)(F)F)ccc1-n1nccn1)[C@@H](C)COc1cnc(C(F)(F)F)cn1. The van der Waals surface area contributed by atoms with E-state index in [2.05, 4.69) is 20.2 Å². The molecular weight excluding hydrogens is 470 g/mol. The first kappa shape index (κ1) is 24.9. The van der Waals surface area contributed by atoms with Gasteiger partial charge in [0.05, 0.1) is 47.6 Å². The second-order valence-electron chi connectivity index (χ2n) is 7.04. The van der Waals surface area contributed by atoms with Crippen molar-refractivity contribution in [2.24, 2.45) is 0 Å². The average Bonchev–Trinajstić information content (AvgIpc) is 3.31. The summed E-state index contributed by atoms with van der Waals surface area (Å²) in [5, 5.41) is 7.77. The number of nitrogens with zero attached hydrogens (tertiary/aromatic N) is 6. The molecule has 0 radical (unpaired) electrons. The highest BCUT2D eigenvalue weighted by atomic mass is 19.4. The van der Waals surface area contributed by atoms with Crippen molar-refractivity contribution in [3.8, 4) is 11.6 Å². The van der Waals surface area contributed by atoms with Crippen LogP contribution in [0.2, 0.25) is 0 Å². The summed E-state index contributed by atoms with van der Waals surface area (Å²) in [6.45, 7) is 3.09. The maximum atomic E-state index is 13.3. The normalized spacial score (nSPS) is 12.9. The molecule has 0 N–H and O–H groups in total. The molecule has 3 rings (SSSR count). The first-order valence-corrected chi connectivity index (χ1v) is 9.82. The second kappa shape index (κ2) is 9.65. The van der Waals surface area contributed by atoms with E-state index in [4.69, 9.17) is 4.74 Å². The van der Waals surface area contributed by atoms with Crippen molar-refractivity contribution in [3.63, 3.8) is 0 Å². The Bertz CT molecular complexity index is 1120. The van der Waals surface area contributed by atoms with Gasteiger partial charge in [0.15, 0.2) is 5.69 Å². The van der Waals surface area contributed by atoms with E-state index < -0.39 is 35.6 Å². The predicted molar refractivity (Wildman–Crippen MR) is 105 cm³/mol. The fraction of sp³-hybridized carbons (Fsp3) is 0.350. The minimum Gasteiger partial charge on any atom is -0.474 e. The summed E-state index contributed by atoms with van der Waals surface area (Å²) in [7, 11) is 0. The van der Waals surface area contributed by atoms with Crippen LogP contribution < -0.4 is 4.74 Å². The first-order valence-electron chi connectivity index (χ1n) is 9.82. The van der Waals surface area contributed by atoms with E-state index in [-0.39, 0.29) is 30.3 Å². The van der Waals surface area contributed by atoms with Gasteiger partial charge in [0.1, 0.15) is 6.61 Å². The van der Waals surface area contributed by atoms with Gasteiger partial charge in [0.25, 0.3) is 5.91 Å². The van der Waals surface area contributed by atoms with Gasteiger partial charge in [0, 0.05) is 6.54 Å². The van der Waals surface area contributed by atoms with Gasteiger partial charge < -0.3 is 9.64 Å². The molecule has 0 saturated carbocycles. The third-order valence-electron chi connectivity index (χ3n) is 4.71. The van der Waals surface area contributed by atoms with E-state index in [0.29, 0.717) is 6.20 Å². The fourth-order valence-electron chi connectivity index (χ4n) is 3.04. The van der Waals surface area contributed by atoms with Gasteiger partial charge in [0.2, 0.25) is 5.88 Å². The number of aromatic nitrogens is 5. The molecule has 1 aromatic carbocycles. The van der Waals surface area contributed by atoms with Crippen LogP contribution in [-0.2, 0) is 12.4 Å². The molecule has 34 heavy (non-hydrogen) atoms. The number of hydrogen-bond donors (Lipinski definition) is 0. The van der Waals surface area contributed by atoms with Crippen LogP contribution in [0.15, 0.2) is 43.0 Å². The van der Waals surface area contributed by atoms with E-state index in [0.717, 1.165) is 29.2 Å². The quantitative estimate of drug-likeness (QED) is 0.467. The number of carbonyl (C=O) groups excluding carboxylic acids is 1. The lowest BCUT2D eigenvalue weighted by atomic mass is 10.1. The van der Waals surface area contributed by atoms with Crippen LogP contribution in [-0.4, -0.2) is 55.0 Å². The van der Waals surface area contributed by atoms with Gasteiger partial charge in [-0.1, -0.05) is 0 Å². The Morgan fingerprint density at radius 1 is 1.06 bits per heavy atom. The van der Waals surface area contributed by atoms with Gasteiger partial charge in [-0.25, -0.2) is 9.97 Å². The van der Waals surface area contributed by atoms with Crippen LogP contribution in [0.1, 0.15) is 35.5 Å². The highest BCUT2D eigenvalue weighted by molar-refractivity contribution is 5.98. The van der Waals surface area contributed by atoms with Crippen molar-refractivity contribution >= 4 is 5.91 Å². The third kappa shape index (κ3) is 5.61. The molecule has 0 aliphatic carbocycles. The molecule has 0 unspecified atom stereocenters. The number of carbonyl (C=O) groups is 1. The molecule has 1 atom stereocenters. The van der Waals surface area contributed by atoms with Crippen molar-refractivity contribution in [1.82, 2.24) is 29.9 Å². The van der Waals surface area contributed by atoms with Gasteiger partial charge in [-0.2, -0.15) is 41.3 Å². The third-order valence-corrected chi connectivity index (χ3v) is 4.71. The molecule has 2 heterocycles. The zero-order valence-electron chi connectivity index (χ0n) is 17.8. The molecule has 1 amide bonds. The number of halogens is 6. The van der Waals surface area contributed by atoms with E-state index >= 15 is 0 Å². The largest absolute Gasteiger partial charge is 0.474 e. The summed E-state index contributed by atoms with van der Waals surface area (Å²) in [6.07, 6.45) is -5.42. The lowest BCUT2D eigenvalue weighted by molar-refractivity contribution is -0.141. The molecule has 0 bridgehead atoms. The Morgan fingerprint density at radius 2 is 1.74 bits per heavy atom. The molecule has 8 nitrogen and oxygen atoms in total. The Balaban J connectivity index is 1.82. The summed E-state index contributed by atoms with van der Waals surface area (Å²) in [5.74, 6) is -0.945. The zero-order valence-corrected chi connectivity index (χ0v) is 17.8. The zero-order chi connectivity index (χ0) is 25.1. The standard InChI is InChI=1S/C20H18F6N6O2/c1-3-31(12(2)11-34-17-10-27-16(9-28-17)20(24,25)26)18(33)14-8-13(19(21,22)23)4-5-15(14)32-29-6-7-30-32/h4-10,12H,3,11H2,1-2H3/t12-/m0/s1. The number of amides is 1. The minimum absolute atomic E-state index is 0.0446. The molecule has 0 aliphatic heterocycles.